The number of hydrogen-bond donors (Lipinski definition) is 2. The summed E-state index contributed by atoms with van der Waals surface area (Å²) in [7, 11) is -3.45. The molecule has 1 saturated heterocycles. The molecule has 1 amide bonds. The van der Waals surface area contributed by atoms with Crippen LogP contribution >= 0.6 is 0 Å². The van der Waals surface area contributed by atoms with Crippen LogP contribution in [0.2, 0.25) is 0 Å². The van der Waals surface area contributed by atoms with Crippen molar-refractivity contribution in [2.75, 3.05) is 32.7 Å². The van der Waals surface area contributed by atoms with E-state index in [1.165, 1.54) is 4.31 Å². The van der Waals surface area contributed by atoms with Gasteiger partial charge in [0.25, 0.3) is 0 Å². The molecule has 28 heavy (non-hydrogen) atoms. The summed E-state index contributed by atoms with van der Waals surface area (Å²) in [6.07, 6.45) is -3.98. The molecule has 8 nitrogen and oxygen atoms in total. The maximum atomic E-state index is 12.4. The summed E-state index contributed by atoms with van der Waals surface area (Å²) in [5, 5.41) is 7.12. The van der Waals surface area contributed by atoms with E-state index < -0.39 is 22.2 Å². The molecule has 158 valence electrons. The highest BCUT2D eigenvalue weighted by atomic mass is 32.2. The Labute approximate surface area is 160 Å². The number of sulfonamides is 1. The van der Waals surface area contributed by atoms with Crippen LogP contribution in [0.4, 0.5) is 13.2 Å². The number of aliphatic carboxylic acids is 1. The lowest BCUT2D eigenvalue weighted by atomic mass is 10.2. The number of alkyl halides is 3. The van der Waals surface area contributed by atoms with Gasteiger partial charge in [-0.3, -0.25) is 4.79 Å². The number of carbonyl (C=O) groups excluding carboxylic acids is 1. The van der Waals surface area contributed by atoms with Crippen molar-refractivity contribution in [2.45, 2.75) is 23.9 Å². The van der Waals surface area contributed by atoms with Crippen LogP contribution in [-0.4, -0.2) is 73.5 Å². The highest BCUT2D eigenvalue weighted by Crippen LogP contribution is 2.17. The highest BCUT2D eigenvalue weighted by Gasteiger charge is 2.38. The van der Waals surface area contributed by atoms with Crippen molar-refractivity contribution < 1.29 is 36.3 Å². The molecule has 0 spiro atoms. The van der Waals surface area contributed by atoms with Crippen molar-refractivity contribution in [1.29, 1.82) is 0 Å². The molecular weight excluding hydrogens is 403 g/mol. The van der Waals surface area contributed by atoms with Gasteiger partial charge < -0.3 is 15.7 Å². The van der Waals surface area contributed by atoms with Gasteiger partial charge in [-0.2, -0.15) is 17.5 Å². The normalized spacial score (nSPS) is 15.5. The summed E-state index contributed by atoms with van der Waals surface area (Å²) in [5.74, 6) is -2.70. The van der Waals surface area contributed by atoms with Gasteiger partial charge in [-0.25, -0.2) is 13.2 Å². The Bertz CT molecular complexity index is 749. The average molecular weight is 425 g/mol. The van der Waals surface area contributed by atoms with Crippen LogP contribution in [0, 0.1) is 0 Å². The largest absolute Gasteiger partial charge is 0.490 e. The van der Waals surface area contributed by atoms with Crippen LogP contribution in [0.5, 0.6) is 0 Å². The number of carboxylic acid groups (broad SMARTS) is 1. The van der Waals surface area contributed by atoms with Crippen LogP contribution in [0.15, 0.2) is 35.2 Å². The van der Waals surface area contributed by atoms with Gasteiger partial charge in [0.2, 0.25) is 15.9 Å². The van der Waals surface area contributed by atoms with E-state index in [0.717, 1.165) is 0 Å². The van der Waals surface area contributed by atoms with E-state index in [0.29, 0.717) is 50.5 Å². The van der Waals surface area contributed by atoms with Crippen LogP contribution in [0.3, 0.4) is 0 Å². The van der Waals surface area contributed by atoms with Gasteiger partial charge in [-0.15, -0.1) is 0 Å². The summed E-state index contributed by atoms with van der Waals surface area (Å²) in [6, 6.07) is 8.38. The molecule has 1 aliphatic rings. The number of halogens is 3. The van der Waals surface area contributed by atoms with Crippen molar-refractivity contribution in [1.82, 2.24) is 9.21 Å². The van der Waals surface area contributed by atoms with Crippen molar-refractivity contribution in [3.63, 3.8) is 0 Å². The van der Waals surface area contributed by atoms with Crippen molar-refractivity contribution in [3.05, 3.63) is 30.3 Å². The SMILES string of the molecule is NCCCC(=O)N1CCN(S(=O)(=O)c2ccccc2)CC1.O=C(O)C(F)(F)F. The predicted molar refractivity (Wildman–Crippen MR) is 93.8 cm³/mol. The molecule has 1 aromatic carbocycles. The number of carbonyl (C=O) groups is 2. The minimum Gasteiger partial charge on any atom is -0.475 e. The first-order valence-electron chi connectivity index (χ1n) is 8.33. The fourth-order valence-electron chi connectivity index (χ4n) is 2.33. The molecule has 0 aromatic heterocycles. The van der Waals surface area contributed by atoms with Gasteiger partial charge in [0, 0.05) is 32.6 Å². The number of hydrogen-bond acceptors (Lipinski definition) is 5. The highest BCUT2D eigenvalue weighted by molar-refractivity contribution is 7.89. The lowest BCUT2D eigenvalue weighted by Gasteiger charge is -2.34. The van der Waals surface area contributed by atoms with E-state index in [1.54, 1.807) is 35.2 Å². The van der Waals surface area contributed by atoms with Crippen LogP contribution in [0.1, 0.15) is 12.8 Å². The van der Waals surface area contributed by atoms with Gasteiger partial charge in [0.1, 0.15) is 0 Å². The number of nitrogens with two attached hydrogens (primary N) is 1. The Morgan fingerprint density at radius 1 is 1.07 bits per heavy atom. The van der Waals surface area contributed by atoms with Crippen molar-refractivity contribution >= 4 is 21.9 Å². The molecule has 0 aliphatic carbocycles. The van der Waals surface area contributed by atoms with Crippen molar-refractivity contribution in [3.8, 4) is 0 Å². The van der Waals surface area contributed by atoms with Crippen LogP contribution < -0.4 is 5.73 Å². The quantitative estimate of drug-likeness (QED) is 0.723. The first-order chi connectivity index (χ1) is 13.0. The molecule has 1 aliphatic heterocycles. The molecule has 0 bridgehead atoms. The Morgan fingerprint density at radius 3 is 2.00 bits per heavy atom. The number of nitrogens with zero attached hydrogens (tertiary/aromatic N) is 2. The lowest BCUT2D eigenvalue weighted by Crippen LogP contribution is -2.50. The van der Waals surface area contributed by atoms with E-state index in [2.05, 4.69) is 0 Å². The summed E-state index contributed by atoms with van der Waals surface area (Å²) in [4.78, 5) is 22.8. The molecule has 1 heterocycles. The molecular formula is C16H22F3N3O5S. The number of piperazine rings is 1. The minimum atomic E-state index is -5.08. The van der Waals surface area contributed by atoms with Gasteiger partial charge in [0.05, 0.1) is 4.90 Å². The first kappa shape index (κ1) is 23.9. The second-order valence-electron chi connectivity index (χ2n) is 5.79. The Hall–Kier alpha value is -2.18. The molecule has 0 radical (unpaired) electrons. The predicted octanol–water partition coefficient (Wildman–Crippen LogP) is 0.892. The topological polar surface area (TPSA) is 121 Å². The summed E-state index contributed by atoms with van der Waals surface area (Å²) in [5.41, 5.74) is 5.39. The molecule has 12 heteroatoms. The zero-order valence-corrected chi connectivity index (χ0v) is 15.7. The average Bonchev–Trinajstić information content (AvgIpc) is 2.66. The third-order valence-corrected chi connectivity index (χ3v) is 5.72. The smallest absolute Gasteiger partial charge is 0.475 e. The Kier molecular flexibility index (Phi) is 8.85. The van der Waals surface area contributed by atoms with Crippen LogP contribution in [-0.2, 0) is 19.6 Å². The number of rotatable bonds is 5. The second-order valence-corrected chi connectivity index (χ2v) is 7.73. The standard InChI is InChI=1S/C14H21N3O3S.C2HF3O2/c15-8-4-7-14(18)16-9-11-17(12-10-16)21(19,20)13-5-2-1-3-6-13;3-2(4,5)1(6)7/h1-3,5-6H,4,7-12,15H2;(H,6,7). The molecule has 1 fully saturated rings. The van der Waals surface area contributed by atoms with Gasteiger partial charge >= 0.3 is 12.1 Å². The van der Waals surface area contributed by atoms with E-state index in [9.17, 15) is 26.4 Å². The minimum absolute atomic E-state index is 0.0530. The number of amides is 1. The van der Waals surface area contributed by atoms with E-state index in [1.807, 2.05) is 0 Å². The Morgan fingerprint density at radius 2 is 1.57 bits per heavy atom. The van der Waals surface area contributed by atoms with E-state index in [-0.39, 0.29) is 5.91 Å². The monoisotopic (exact) mass is 425 g/mol. The maximum Gasteiger partial charge on any atom is 0.490 e. The maximum absolute atomic E-state index is 12.4. The zero-order chi connectivity index (χ0) is 21.4. The van der Waals surface area contributed by atoms with Crippen LogP contribution in [0.25, 0.3) is 0 Å². The molecule has 2 rings (SSSR count). The van der Waals surface area contributed by atoms with E-state index in [4.69, 9.17) is 15.6 Å². The zero-order valence-electron chi connectivity index (χ0n) is 14.9. The molecule has 3 N–H and O–H groups in total. The molecule has 0 unspecified atom stereocenters. The summed E-state index contributed by atoms with van der Waals surface area (Å²) >= 11 is 0. The van der Waals surface area contributed by atoms with Crippen molar-refractivity contribution in [2.24, 2.45) is 5.73 Å². The van der Waals surface area contributed by atoms with E-state index >= 15 is 0 Å². The Balaban J connectivity index is 0.000000480. The second kappa shape index (κ2) is 10.4. The number of carboxylic acids is 1. The summed E-state index contributed by atoms with van der Waals surface area (Å²) in [6.45, 7) is 2.05. The fourth-order valence-corrected chi connectivity index (χ4v) is 3.77. The lowest BCUT2D eigenvalue weighted by molar-refractivity contribution is -0.192. The number of benzene rings is 1. The third-order valence-electron chi connectivity index (χ3n) is 3.81. The molecule has 0 saturated carbocycles. The van der Waals surface area contributed by atoms with Gasteiger partial charge in [0.15, 0.2) is 0 Å². The van der Waals surface area contributed by atoms with Gasteiger partial charge in [-0.05, 0) is 25.1 Å². The molecule has 1 aromatic rings. The third kappa shape index (κ3) is 7.09. The first-order valence-corrected chi connectivity index (χ1v) is 9.77. The summed E-state index contributed by atoms with van der Waals surface area (Å²) < 4.78 is 58.1. The molecule has 0 atom stereocenters. The fraction of sp³-hybridized carbons (Fsp3) is 0.500. The van der Waals surface area contributed by atoms with Gasteiger partial charge in [-0.1, -0.05) is 18.2 Å².